The number of nitrogens with one attached hydrogen (secondary N) is 2. The SMILES string of the molecule is O=C(Nc1ccc(Oc2ccnc(Cl)c2)cn1)c1ccc[nH]c1=O. The van der Waals surface area contributed by atoms with Gasteiger partial charge in [0.25, 0.3) is 11.5 Å². The minimum absolute atomic E-state index is 0.00561. The average molecular weight is 343 g/mol. The van der Waals surface area contributed by atoms with Gasteiger partial charge in [-0.15, -0.1) is 0 Å². The number of aromatic amines is 1. The quantitative estimate of drug-likeness (QED) is 0.710. The lowest BCUT2D eigenvalue weighted by Gasteiger charge is -2.07. The summed E-state index contributed by atoms with van der Waals surface area (Å²) in [4.78, 5) is 34.0. The molecule has 3 rings (SSSR count). The summed E-state index contributed by atoms with van der Waals surface area (Å²) in [6.45, 7) is 0. The van der Waals surface area contributed by atoms with Crippen molar-refractivity contribution in [2.45, 2.75) is 0 Å². The fourth-order valence-electron chi connectivity index (χ4n) is 1.88. The molecule has 0 aliphatic heterocycles. The highest BCUT2D eigenvalue weighted by Crippen LogP contribution is 2.22. The zero-order valence-corrected chi connectivity index (χ0v) is 12.9. The molecule has 3 aromatic heterocycles. The number of halogens is 1. The van der Waals surface area contributed by atoms with E-state index < -0.39 is 11.5 Å². The normalized spacial score (nSPS) is 10.2. The summed E-state index contributed by atoms with van der Waals surface area (Å²) in [5.41, 5.74) is -0.462. The predicted molar refractivity (Wildman–Crippen MR) is 88.6 cm³/mol. The Balaban J connectivity index is 1.70. The van der Waals surface area contributed by atoms with E-state index in [1.54, 1.807) is 30.3 Å². The van der Waals surface area contributed by atoms with Crippen LogP contribution in [0.15, 0.2) is 59.8 Å². The second kappa shape index (κ2) is 6.93. The van der Waals surface area contributed by atoms with Crippen LogP contribution in [0.25, 0.3) is 0 Å². The molecule has 0 aromatic carbocycles. The standard InChI is InChI=1S/C16H11ClN4O3/c17-13-8-10(5-7-18-13)24-11-3-4-14(20-9-11)21-16(23)12-2-1-6-19-15(12)22/h1-9H,(H,19,22)(H,20,21,23). The first-order chi connectivity index (χ1) is 11.6. The molecule has 2 N–H and O–H groups in total. The van der Waals surface area contributed by atoms with Crippen molar-refractivity contribution < 1.29 is 9.53 Å². The molecule has 0 aliphatic rings. The van der Waals surface area contributed by atoms with Crippen LogP contribution < -0.4 is 15.6 Å². The summed E-state index contributed by atoms with van der Waals surface area (Å²) in [6.07, 6.45) is 4.42. The fourth-order valence-corrected chi connectivity index (χ4v) is 2.05. The summed E-state index contributed by atoms with van der Waals surface area (Å²) < 4.78 is 5.57. The summed E-state index contributed by atoms with van der Waals surface area (Å²) in [5.74, 6) is 0.736. The van der Waals surface area contributed by atoms with E-state index >= 15 is 0 Å². The Hall–Kier alpha value is -3.19. The second-order valence-electron chi connectivity index (χ2n) is 4.66. The van der Waals surface area contributed by atoms with Crippen LogP contribution in [0, 0.1) is 0 Å². The van der Waals surface area contributed by atoms with Gasteiger partial charge in [0.2, 0.25) is 0 Å². The molecule has 7 nitrogen and oxygen atoms in total. The van der Waals surface area contributed by atoms with Crippen molar-refractivity contribution in [3.8, 4) is 11.5 Å². The number of pyridine rings is 3. The Morgan fingerprint density at radius 2 is 2.04 bits per heavy atom. The predicted octanol–water partition coefficient (Wildman–Crippen LogP) is 2.86. The molecule has 120 valence electrons. The zero-order chi connectivity index (χ0) is 16.9. The number of aromatic nitrogens is 3. The molecule has 0 unspecified atom stereocenters. The van der Waals surface area contributed by atoms with Crippen LogP contribution in [0.4, 0.5) is 5.82 Å². The molecule has 0 saturated carbocycles. The molecule has 0 aliphatic carbocycles. The van der Waals surface area contributed by atoms with Crippen LogP contribution in [0.2, 0.25) is 5.15 Å². The van der Waals surface area contributed by atoms with Gasteiger partial charge in [0.15, 0.2) is 0 Å². The number of amides is 1. The fraction of sp³-hybridized carbons (Fsp3) is 0. The molecule has 0 radical (unpaired) electrons. The van der Waals surface area contributed by atoms with E-state index in [1.807, 2.05) is 0 Å². The maximum absolute atomic E-state index is 12.0. The van der Waals surface area contributed by atoms with Crippen molar-refractivity contribution >= 4 is 23.3 Å². The molecule has 8 heteroatoms. The highest BCUT2D eigenvalue weighted by Gasteiger charge is 2.10. The number of carbonyl (C=O) groups excluding carboxylic acids is 1. The van der Waals surface area contributed by atoms with Crippen LogP contribution in [0.1, 0.15) is 10.4 Å². The van der Waals surface area contributed by atoms with Crippen molar-refractivity contribution in [2.24, 2.45) is 0 Å². The minimum atomic E-state index is -0.543. The third-order valence-electron chi connectivity index (χ3n) is 2.97. The second-order valence-corrected chi connectivity index (χ2v) is 5.05. The lowest BCUT2D eigenvalue weighted by atomic mass is 10.2. The van der Waals surface area contributed by atoms with Gasteiger partial charge in [0, 0.05) is 18.5 Å². The molecular weight excluding hydrogens is 332 g/mol. The lowest BCUT2D eigenvalue weighted by Crippen LogP contribution is -2.22. The number of carbonyl (C=O) groups is 1. The van der Waals surface area contributed by atoms with Gasteiger partial charge in [-0.05, 0) is 30.3 Å². The lowest BCUT2D eigenvalue weighted by molar-refractivity contribution is 0.102. The molecule has 0 spiro atoms. The largest absolute Gasteiger partial charge is 0.456 e. The minimum Gasteiger partial charge on any atom is -0.456 e. The molecule has 0 fully saturated rings. The van der Waals surface area contributed by atoms with E-state index in [2.05, 4.69) is 20.3 Å². The van der Waals surface area contributed by atoms with E-state index in [9.17, 15) is 9.59 Å². The first kappa shape index (κ1) is 15.7. The number of hydrogen-bond donors (Lipinski definition) is 2. The smallest absolute Gasteiger partial charge is 0.262 e. The zero-order valence-electron chi connectivity index (χ0n) is 12.2. The molecular formula is C16H11ClN4O3. The van der Waals surface area contributed by atoms with Gasteiger partial charge < -0.3 is 15.0 Å². The van der Waals surface area contributed by atoms with Gasteiger partial charge in [-0.3, -0.25) is 9.59 Å². The summed E-state index contributed by atoms with van der Waals surface area (Å²) in [7, 11) is 0. The van der Waals surface area contributed by atoms with Crippen molar-refractivity contribution in [1.82, 2.24) is 15.0 Å². The van der Waals surface area contributed by atoms with Gasteiger partial charge in [-0.2, -0.15) is 0 Å². The van der Waals surface area contributed by atoms with Crippen LogP contribution in [-0.4, -0.2) is 20.9 Å². The monoisotopic (exact) mass is 342 g/mol. The molecule has 1 amide bonds. The summed E-state index contributed by atoms with van der Waals surface area (Å²) in [6, 6.07) is 9.42. The van der Waals surface area contributed by atoms with Crippen molar-refractivity contribution in [3.05, 3.63) is 76.1 Å². The maximum atomic E-state index is 12.0. The number of ether oxygens (including phenoxy) is 1. The highest BCUT2D eigenvalue weighted by atomic mass is 35.5. The molecule has 24 heavy (non-hydrogen) atoms. The Bertz CT molecular complexity index is 925. The number of H-pyrrole nitrogens is 1. The molecule has 3 aromatic rings. The number of anilines is 1. The Labute approximate surface area is 141 Å². The average Bonchev–Trinajstić information content (AvgIpc) is 2.57. The third kappa shape index (κ3) is 3.76. The Morgan fingerprint density at radius 3 is 2.75 bits per heavy atom. The number of nitrogens with zero attached hydrogens (tertiary/aromatic N) is 2. The van der Waals surface area contributed by atoms with Gasteiger partial charge in [0.1, 0.15) is 28.0 Å². The van der Waals surface area contributed by atoms with Gasteiger partial charge in [0.05, 0.1) is 6.20 Å². The van der Waals surface area contributed by atoms with Crippen LogP contribution in [0.3, 0.4) is 0 Å². The maximum Gasteiger partial charge on any atom is 0.262 e. The Morgan fingerprint density at radius 1 is 1.17 bits per heavy atom. The third-order valence-corrected chi connectivity index (χ3v) is 3.18. The van der Waals surface area contributed by atoms with Crippen LogP contribution >= 0.6 is 11.6 Å². The molecule has 0 saturated heterocycles. The van der Waals surface area contributed by atoms with Crippen LogP contribution in [-0.2, 0) is 0 Å². The molecule has 0 atom stereocenters. The van der Waals surface area contributed by atoms with E-state index in [0.717, 1.165) is 0 Å². The van der Waals surface area contributed by atoms with Crippen LogP contribution in [0.5, 0.6) is 11.5 Å². The van der Waals surface area contributed by atoms with Gasteiger partial charge >= 0.3 is 0 Å². The van der Waals surface area contributed by atoms with Gasteiger partial charge in [-0.1, -0.05) is 11.6 Å². The number of rotatable bonds is 4. The van der Waals surface area contributed by atoms with E-state index in [4.69, 9.17) is 16.3 Å². The van der Waals surface area contributed by atoms with Crippen molar-refractivity contribution in [3.63, 3.8) is 0 Å². The first-order valence-corrected chi connectivity index (χ1v) is 7.24. The van der Waals surface area contributed by atoms with E-state index in [0.29, 0.717) is 22.5 Å². The van der Waals surface area contributed by atoms with Crippen molar-refractivity contribution in [2.75, 3.05) is 5.32 Å². The topological polar surface area (TPSA) is 97.0 Å². The van der Waals surface area contributed by atoms with Gasteiger partial charge in [-0.25, -0.2) is 9.97 Å². The number of hydrogen-bond acceptors (Lipinski definition) is 5. The molecule has 3 heterocycles. The Kier molecular flexibility index (Phi) is 4.53. The van der Waals surface area contributed by atoms with Crippen molar-refractivity contribution in [1.29, 1.82) is 0 Å². The van der Waals surface area contributed by atoms with E-state index in [1.165, 1.54) is 24.7 Å². The summed E-state index contributed by atoms with van der Waals surface area (Å²) >= 11 is 5.78. The van der Waals surface area contributed by atoms with E-state index in [-0.39, 0.29) is 5.56 Å². The molecule has 0 bridgehead atoms. The first-order valence-electron chi connectivity index (χ1n) is 6.86. The highest BCUT2D eigenvalue weighted by molar-refractivity contribution is 6.29. The summed E-state index contributed by atoms with van der Waals surface area (Å²) in [5, 5.41) is 2.86.